The fourth-order valence-corrected chi connectivity index (χ4v) is 2.72. The van der Waals surface area contributed by atoms with Gasteiger partial charge in [0.05, 0.1) is 22.0 Å². The number of halogens is 4. The summed E-state index contributed by atoms with van der Waals surface area (Å²) in [4.78, 5) is 13.1. The molecule has 1 heterocycles. The van der Waals surface area contributed by atoms with Crippen molar-refractivity contribution in [3.63, 3.8) is 0 Å². The predicted molar refractivity (Wildman–Crippen MR) is 87.5 cm³/mol. The molecule has 1 aromatic carbocycles. The maximum Gasteiger partial charge on any atom is 0.256 e. The van der Waals surface area contributed by atoms with E-state index in [1.165, 1.54) is 12.1 Å². The second-order valence-corrected chi connectivity index (χ2v) is 6.15. The Labute approximate surface area is 177 Å². The molecule has 1 atom stereocenters. The molecule has 3 nitrogen and oxygen atoms in total. The topological polar surface area (TPSA) is 29.5 Å². The minimum absolute atomic E-state index is 0. The molecule has 1 aliphatic rings. The molecule has 0 aliphatic carbocycles. The summed E-state index contributed by atoms with van der Waals surface area (Å²) in [6.45, 7) is -0.939. The number of terminal acetylenes is 1. The van der Waals surface area contributed by atoms with Crippen LogP contribution in [0.1, 0.15) is 12.0 Å². The van der Waals surface area contributed by atoms with Crippen LogP contribution in [0, 0.1) is 24.2 Å². The van der Waals surface area contributed by atoms with Crippen molar-refractivity contribution < 1.29 is 55.4 Å². The third-order valence-electron chi connectivity index (χ3n) is 3.10. The van der Waals surface area contributed by atoms with Gasteiger partial charge in [-0.3, -0.25) is 4.79 Å². The molecule has 1 aromatic rings. The van der Waals surface area contributed by atoms with Crippen molar-refractivity contribution in [1.29, 1.82) is 0 Å². The van der Waals surface area contributed by atoms with Crippen LogP contribution in [0.2, 0.25) is 0 Å². The number of hydrogen-bond acceptors (Lipinski definition) is 2. The SMILES string of the molecule is C#CCOc1cccc(F)c1C1=[C-]CC(I)C(=O)N1CC(F)F.[Y]. The summed E-state index contributed by atoms with van der Waals surface area (Å²) < 4.78 is 44.7. The quantitative estimate of drug-likeness (QED) is 0.257. The van der Waals surface area contributed by atoms with Crippen molar-refractivity contribution in [3.05, 3.63) is 35.7 Å². The zero-order valence-corrected chi connectivity index (χ0v) is 17.4. The van der Waals surface area contributed by atoms with E-state index in [0.29, 0.717) is 0 Å². The summed E-state index contributed by atoms with van der Waals surface area (Å²) in [6.07, 6.45) is 5.41. The van der Waals surface area contributed by atoms with E-state index in [1.807, 2.05) is 22.6 Å². The summed E-state index contributed by atoms with van der Waals surface area (Å²) in [5, 5.41) is 0. The second kappa shape index (κ2) is 9.78. The van der Waals surface area contributed by atoms with Crippen LogP contribution in [0.25, 0.3) is 5.70 Å². The molecule has 0 saturated carbocycles. The van der Waals surface area contributed by atoms with E-state index in [9.17, 15) is 18.0 Å². The standard InChI is InChI=1S/C16H12F3INO2.Y/c1-2-8-23-13-5-3-4-10(17)15(13)12-7-6-11(20)16(22)21(12)9-14(18)19;/h1,3-5,11,14H,6,8-9H2;/q-1;. The molecule has 2 rings (SSSR count). The summed E-state index contributed by atoms with van der Waals surface area (Å²) in [5.74, 6) is 1.13. The Morgan fingerprint density at radius 1 is 1.50 bits per heavy atom. The zero-order chi connectivity index (χ0) is 17.0. The van der Waals surface area contributed by atoms with Gasteiger partial charge in [-0.2, -0.15) is 0 Å². The van der Waals surface area contributed by atoms with E-state index in [1.54, 1.807) is 0 Å². The Balaban J connectivity index is 0.00000288. The largest absolute Gasteiger partial charge is 0.499 e. The van der Waals surface area contributed by atoms with E-state index < -0.39 is 28.6 Å². The summed E-state index contributed by atoms with van der Waals surface area (Å²) in [7, 11) is 0. The van der Waals surface area contributed by atoms with Crippen molar-refractivity contribution in [2.75, 3.05) is 13.2 Å². The predicted octanol–water partition coefficient (Wildman–Crippen LogP) is 3.28. The third kappa shape index (κ3) is 4.96. The second-order valence-electron chi connectivity index (χ2n) is 4.64. The zero-order valence-electron chi connectivity index (χ0n) is 12.4. The average Bonchev–Trinajstić information content (AvgIpc) is 2.50. The van der Waals surface area contributed by atoms with Gasteiger partial charge in [0.1, 0.15) is 6.61 Å². The Bertz CT molecular complexity index is 676. The van der Waals surface area contributed by atoms with Gasteiger partial charge in [0, 0.05) is 32.7 Å². The number of benzene rings is 1. The first-order valence-electron chi connectivity index (χ1n) is 6.65. The molecule has 1 amide bonds. The van der Waals surface area contributed by atoms with E-state index in [2.05, 4.69) is 12.0 Å². The van der Waals surface area contributed by atoms with Gasteiger partial charge in [0.2, 0.25) is 5.91 Å². The Morgan fingerprint density at radius 2 is 2.21 bits per heavy atom. The minimum atomic E-state index is -2.75. The van der Waals surface area contributed by atoms with Crippen molar-refractivity contribution in [2.45, 2.75) is 16.8 Å². The molecule has 0 bridgehead atoms. The molecule has 125 valence electrons. The molecule has 8 heteroatoms. The van der Waals surface area contributed by atoms with Crippen molar-refractivity contribution in [3.8, 4) is 18.1 Å². The number of ether oxygens (including phenoxy) is 1. The number of amides is 1. The van der Waals surface area contributed by atoms with Crippen LogP contribution in [-0.4, -0.2) is 34.3 Å². The summed E-state index contributed by atoms with van der Waals surface area (Å²) >= 11 is 1.85. The van der Waals surface area contributed by atoms with Crippen molar-refractivity contribution in [2.24, 2.45) is 0 Å². The Hall–Kier alpha value is -0.586. The van der Waals surface area contributed by atoms with Crippen LogP contribution in [0.15, 0.2) is 18.2 Å². The van der Waals surface area contributed by atoms with Crippen LogP contribution < -0.4 is 4.74 Å². The summed E-state index contributed by atoms with van der Waals surface area (Å²) in [5.41, 5.74) is -0.117. The number of rotatable bonds is 5. The molecule has 0 fully saturated rings. The third-order valence-corrected chi connectivity index (χ3v) is 4.07. The molecule has 0 N–H and O–H groups in total. The fourth-order valence-electron chi connectivity index (χ4n) is 2.16. The molecular formula is C16H12F3INO2Y-. The molecule has 1 unspecified atom stereocenters. The number of carbonyl (C=O) groups is 1. The van der Waals surface area contributed by atoms with E-state index in [0.717, 1.165) is 11.0 Å². The maximum absolute atomic E-state index is 14.3. The Morgan fingerprint density at radius 3 is 2.83 bits per heavy atom. The molecule has 0 saturated heterocycles. The number of hydrogen-bond donors (Lipinski definition) is 0. The number of alkyl halides is 3. The number of nitrogens with zero attached hydrogens (tertiary/aromatic N) is 1. The first kappa shape index (κ1) is 21.5. The van der Waals surface area contributed by atoms with E-state index >= 15 is 0 Å². The van der Waals surface area contributed by atoms with Crippen LogP contribution in [0.4, 0.5) is 13.2 Å². The van der Waals surface area contributed by atoms with Gasteiger partial charge in [0.15, 0.2) is 0 Å². The van der Waals surface area contributed by atoms with Gasteiger partial charge in [-0.15, -0.1) is 12.1 Å². The van der Waals surface area contributed by atoms with Crippen LogP contribution in [0.5, 0.6) is 5.75 Å². The molecule has 0 aromatic heterocycles. The van der Waals surface area contributed by atoms with Gasteiger partial charge in [-0.05, 0) is 12.1 Å². The molecule has 1 radical (unpaired) electrons. The molecule has 0 spiro atoms. The number of carbonyl (C=O) groups excluding carboxylic acids is 1. The fraction of sp³-hybridized carbons (Fsp3) is 0.312. The Kier molecular flexibility index (Phi) is 8.75. The average molecular weight is 523 g/mol. The molecule has 24 heavy (non-hydrogen) atoms. The summed E-state index contributed by atoms with van der Waals surface area (Å²) in [6, 6.07) is 4.04. The van der Waals surface area contributed by atoms with Crippen molar-refractivity contribution >= 4 is 34.2 Å². The first-order valence-corrected chi connectivity index (χ1v) is 7.89. The van der Waals surface area contributed by atoms with E-state index in [-0.39, 0.29) is 62.7 Å². The number of allylic oxidation sites excluding steroid dienone is 1. The minimum Gasteiger partial charge on any atom is -0.499 e. The van der Waals surface area contributed by atoms with E-state index in [4.69, 9.17) is 11.2 Å². The van der Waals surface area contributed by atoms with Gasteiger partial charge in [0.25, 0.3) is 6.43 Å². The monoisotopic (exact) mass is 523 g/mol. The van der Waals surface area contributed by atoms with Gasteiger partial charge < -0.3 is 9.64 Å². The maximum atomic E-state index is 14.3. The van der Waals surface area contributed by atoms with Gasteiger partial charge in [-0.25, -0.2) is 19.2 Å². The first-order chi connectivity index (χ1) is 11.0. The smallest absolute Gasteiger partial charge is 0.256 e. The van der Waals surface area contributed by atoms with Crippen molar-refractivity contribution in [1.82, 2.24) is 4.90 Å². The van der Waals surface area contributed by atoms with Gasteiger partial charge in [-0.1, -0.05) is 46.6 Å². The van der Waals surface area contributed by atoms with Crippen LogP contribution >= 0.6 is 22.6 Å². The van der Waals surface area contributed by atoms with Gasteiger partial charge >= 0.3 is 0 Å². The van der Waals surface area contributed by atoms with Crippen LogP contribution in [-0.2, 0) is 37.5 Å². The molecular weight excluding hydrogens is 511 g/mol. The van der Waals surface area contributed by atoms with Crippen LogP contribution in [0.3, 0.4) is 0 Å². The normalized spacial score (nSPS) is 17.2. The molecule has 1 aliphatic heterocycles.